The average molecular weight is 233 g/mol. The van der Waals surface area contributed by atoms with Crippen LogP contribution >= 0.6 is 22.9 Å². The topological polar surface area (TPSA) is 25.4 Å². The van der Waals surface area contributed by atoms with Crippen molar-refractivity contribution in [1.82, 2.24) is 4.98 Å². The van der Waals surface area contributed by atoms with Crippen LogP contribution in [0.4, 0.5) is 5.13 Å². The lowest BCUT2D eigenvalue weighted by molar-refractivity contribution is 0.186. The van der Waals surface area contributed by atoms with Gasteiger partial charge in [0.1, 0.15) is 5.15 Å². The van der Waals surface area contributed by atoms with Gasteiger partial charge in [0.15, 0.2) is 5.13 Å². The molecule has 1 aliphatic rings. The van der Waals surface area contributed by atoms with Crippen molar-refractivity contribution in [2.24, 2.45) is 5.92 Å². The summed E-state index contributed by atoms with van der Waals surface area (Å²) in [5.41, 5.74) is 0. The molecule has 0 bridgehead atoms. The minimum atomic E-state index is 0.583. The highest BCUT2D eigenvalue weighted by molar-refractivity contribution is 7.14. The van der Waals surface area contributed by atoms with Crippen molar-refractivity contribution in [2.75, 3.05) is 31.7 Å². The largest absolute Gasteiger partial charge is 0.381 e. The van der Waals surface area contributed by atoms with Crippen molar-refractivity contribution in [3.05, 3.63) is 10.5 Å². The maximum Gasteiger partial charge on any atom is 0.186 e. The molecular formula is C9H13ClN2OS. The van der Waals surface area contributed by atoms with E-state index < -0.39 is 0 Å². The fraction of sp³-hybridized carbons (Fsp3) is 0.667. The van der Waals surface area contributed by atoms with E-state index in [4.69, 9.17) is 16.3 Å². The quantitative estimate of drug-likeness (QED) is 0.800. The van der Waals surface area contributed by atoms with Gasteiger partial charge in [0.25, 0.3) is 0 Å². The summed E-state index contributed by atoms with van der Waals surface area (Å²) in [6.45, 7) is 2.78. The second kappa shape index (κ2) is 4.47. The van der Waals surface area contributed by atoms with Crippen molar-refractivity contribution in [1.29, 1.82) is 0 Å². The third-order valence-electron chi connectivity index (χ3n) is 2.35. The van der Waals surface area contributed by atoms with Crippen molar-refractivity contribution < 1.29 is 4.74 Å². The van der Waals surface area contributed by atoms with Crippen LogP contribution in [0.25, 0.3) is 0 Å². The van der Waals surface area contributed by atoms with Gasteiger partial charge >= 0.3 is 0 Å². The highest BCUT2D eigenvalue weighted by Gasteiger charge is 2.18. The Bertz CT molecular complexity index is 299. The smallest absolute Gasteiger partial charge is 0.186 e. The summed E-state index contributed by atoms with van der Waals surface area (Å²) in [6.07, 6.45) is 1.16. The molecule has 0 amide bonds. The summed E-state index contributed by atoms with van der Waals surface area (Å²) in [5.74, 6) is 0.641. The van der Waals surface area contributed by atoms with Gasteiger partial charge in [-0.05, 0) is 6.42 Å². The van der Waals surface area contributed by atoms with Gasteiger partial charge in [0, 0.05) is 31.5 Å². The third kappa shape index (κ3) is 2.38. The first-order valence-electron chi connectivity index (χ1n) is 4.65. The van der Waals surface area contributed by atoms with Crippen LogP contribution in [0, 0.1) is 5.92 Å². The van der Waals surface area contributed by atoms with E-state index in [0.29, 0.717) is 11.1 Å². The zero-order valence-corrected chi connectivity index (χ0v) is 9.64. The van der Waals surface area contributed by atoms with E-state index >= 15 is 0 Å². The molecule has 14 heavy (non-hydrogen) atoms. The molecule has 1 saturated heterocycles. The lowest BCUT2D eigenvalue weighted by Gasteiger charge is -2.18. The van der Waals surface area contributed by atoms with Crippen molar-refractivity contribution in [2.45, 2.75) is 6.42 Å². The summed E-state index contributed by atoms with van der Waals surface area (Å²) in [5, 5.41) is 3.43. The number of hydrogen-bond acceptors (Lipinski definition) is 4. The summed E-state index contributed by atoms with van der Waals surface area (Å²) in [6, 6.07) is 0. The first-order chi connectivity index (χ1) is 6.75. The number of thiazole rings is 1. The maximum absolute atomic E-state index is 5.77. The number of hydrogen-bond donors (Lipinski definition) is 0. The van der Waals surface area contributed by atoms with Crippen molar-refractivity contribution >= 4 is 28.1 Å². The van der Waals surface area contributed by atoms with Gasteiger partial charge in [-0.25, -0.2) is 4.98 Å². The molecule has 0 aliphatic carbocycles. The molecular weight excluding hydrogens is 220 g/mol. The molecule has 1 aliphatic heterocycles. The Morgan fingerprint density at radius 3 is 3.21 bits per heavy atom. The normalized spacial score (nSPS) is 21.4. The first kappa shape index (κ1) is 10.2. The van der Waals surface area contributed by atoms with Crippen molar-refractivity contribution in [3.63, 3.8) is 0 Å². The molecule has 78 valence electrons. The predicted octanol–water partition coefficient (Wildman–Crippen LogP) is 2.27. The molecule has 0 N–H and O–H groups in total. The van der Waals surface area contributed by atoms with Crippen LogP contribution in [0.2, 0.25) is 5.15 Å². The van der Waals surface area contributed by atoms with E-state index in [1.807, 2.05) is 12.4 Å². The number of anilines is 1. The monoisotopic (exact) mass is 232 g/mol. The Morgan fingerprint density at radius 1 is 1.79 bits per heavy atom. The second-order valence-electron chi connectivity index (χ2n) is 3.56. The highest BCUT2D eigenvalue weighted by atomic mass is 35.5. The molecule has 0 aromatic carbocycles. The Labute approximate surface area is 92.7 Å². The lowest BCUT2D eigenvalue weighted by atomic mass is 10.1. The number of ether oxygens (including phenoxy) is 1. The van der Waals surface area contributed by atoms with E-state index in [0.717, 1.165) is 31.3 Å². The molecule has 0 spiro atoms. The molecule has 1 aromatic rings. The van der Waals surface area contributed by atoms with Gasteiger partial charge in [-0.2, -0.15) is 0 Å². The summed E-state index contributed by atoms with van der Waals surface area (Å²) < 4.78 is 5.33. The number of rotatable bonds is 3. The van der Waals surface area contributed by atoms with Gasteiger partial charge in [0.2, 0.25) is 0 Å². The molecule has 0 radical (unpaired) electrons. The van der Waals surface area contributed by atoms with E-state index in [-0.39, 0.29) is 0 Å². The van der Waals surface area contributed by atoms with Crippen LogP contribution in [0.3, 0.4) is 0 Å². The van der Waals surface area contributed by atoms with Crippen LogP contribution in [-0.4, -0.2) is 31.8 Å². The zero-order valence-electron chi connectivity index (χ0n) is 8.07. The molecule has 3 nitrogen and oxygen atoms in total. The van der Waals surface area contributed by atoms with E-state index in [9.17, 15) is 0 Å². The third-order valence-corrected chi connectivity index (χ3v) is 3.62. The Balaban J connectivity index is 1.91. The van der Waals surface area contributed by atoms with Crippen molar-refractivity contribution in [3.8, 4) is 0 Å². The lowest BCUT2D eigenvalue weighted by Crippen LogP contribution is -2.25. The highest BCUT2D eigenvalue weighted by Crippen LogP contribution is 2.24. The van der Waals surface area contributed by atoms with E-state index in [1.165, 1.54) is 0 Å². The molecule has 2 rings (SSSR count). The summed E-state index contributed by atoms with van der Waals surface area (Å²) in [4.78, 5) is 6.37. The van der Waals surface area contributed by atoms with Gasteiger partial charge in [-0.1, -0.05) is 11.6 Å². The molecule has 1 atom stereocenters. The van der Waals surface area contributed by atoms with Gasteiger partial charge in [0.05, 0.1) is 6.61 Å². The molecule has 1 fully saturated rings. The van der Waals surface area contributed by atoms with Crippen LogP contribution in [0.1, 0.15) is 6.42 Å². The van der Waals surface area contributed by atoms with Crippen LogP contribution in [-0.2, 0) is 4.74 Å². The van der Waals surface area contributed by atoms with E-state index in [1.54, 1.807) is 11.3 Å². The second-order valence-corrected chi connectivity index (χ2v) is 4.79. The zero-order chi connectivity index (χ0) is 9.97. The fourth-order valence-corrected chi connectivity index (χ4v) is 2.54. The molecule has 5 heteroatoms. The first-order valence-corrected chi connectivity index (χ1v) is 5.91. The van der Waals surface area contributed by atoms with Gasteiger partial charge < -0.3 is 9.64 Å². The molecule has 2 heterocycles. The Morgan fingerprint density at radius 2 is 2.64 bits per heavy atom. The van der Waals surface area contributed by atoms with Crippen LogP contribution in [0.15, 0.2) is 5.38 Å². The maximum atomic E-state index is 5.77. The molecule has 0 saturated carbocycles. The number of aromatic nitrogens is 1. The summed E-state index contributed by atoms with van der Waals surface area (Å²) >= 11 is 7.35. The standard InChI is InChI=1S/C9H13ClN2OS/c1-12(4-7-2-3-13-5-7)9-11-8(10)6-14-9/h6-7H,2-5H2,1H3. The predicted molar refractivity (Wildman–Crippen MR) is 59.3 cm³/mol. The average Bonchev–Trinajstić information content (AvgIpc) is 2.75. The fourth-order valence-electron chi connectivity index (χ4n) is 1.61. The minimum absolute atomic E-state index is 0.583. The number of nitrogens with zero attached hydrogens (tertiary/aromatic N) is 2. The molecule has 1 aromatic heterocycles. The minimum Gasteiger partial charge on any atom is -0.381 e. The Kier molecular flexibility index (Phi) is 3.26. The Hall–Kier alpha value is -0.320. The van der Waals surface area contributed by atoms with Gasteiger partial charge in [-0.15, -0.1) is 11.3 Å². The van der Waals surface area contributed by atoms with E-state index in [2.05, 4.69) is 9.88 Å². The molecule has 1 unspecified atom stereocenters. The van der Waals surface area contributed by atoms with Gasteiger partial charge in [-0.3, -0.25) is 0 Å². The van der Waals surface area contributed by atoms with Crippen LogP contribution < -0.4 is 4.90 Å². The van der Waals surface area contributed by atoms with Crippen LogP contribution in [0.5, 0.6) is 0 Å². The number of halogens is 1. The summed E-state index contributed by atoms with van der Waals surface area (Å²) in [7, 11) is 2.05. The SMILES string of the molecule is CN(CC1CCOC1)c1nc(Cl)cs1.